The first-order valence-electron chi connectivity index (χ1n) is 14.7. The van der Waals surface area contributed by atoms with E-state index in [1.165, 1.54) is 7.11 Å². The maximum absolute atomic E-state index is 11.6. The zero-order chi connectivity index (χ0) is 29.6. The van der Waals surface area contributed by atoms with Crippen LogP contribution in [0.1, 0.15) is 60.6 Å². The minimum Gasteiger partial charge on any atom is -0.469 e. The van der Waals surface area contributed by atoms with Crippen molar-refractivity contribution >= 4 is 5.97 Å². The van der Waals surface area contributed by atoms with E-state index in [-0.39, 0.29) is 24.3 Å². The zero-order valence-corrected chi connectivity index (χ0v) is 24.4. The number of likely N-dealkylation sites (tertiary alicyclic amines) is 1. The van der Waals surface area contributed by atoms with Crippen LogP contribution in [0.2, 0.25) is 0 Å². The van der Waals surface area contributed by atoms with E-state index >= 15 is 0 Å². The molecule has 2 saturated heterocycles. The first-order valence-corrected chi connectivity index (χ1v) is 14.7. The van der Waals surface area contributed by atoms with E-state index in [0.29, 0.717) is 31.9 Å². The van der Waals surface area contributed by atoms with Crippen LogP contribution in [0.5, 0.6) is 0 Å². The van der Waals surface area contributed by atoms with E-state index in [9.17, 15) is 4.79 Å². The van der Waals surface area contributed by atoms with Crippen LogP contribution in [-0.2, 0) is 32.1 Å². The number of nitrogens with zero attached hydrogens (tertiary/aromatic N) is 5. The molecule has 10 heteroatoms. The van der Waals surface area contributed by atoms with Gasteiger partial charge in [0.2, 0.25) is 0 Å². The molecule has 4 aromatic rings. The number of hydrogen-bond donors (Lipinski definition) is 0. The number of ether oxygens (including phenoxy) is 3. The molecule has 0 radical (unpaired) electrons. The first kappa shape index (κ1) is 28.8. The second-order valence-electron chi connectivity index (χ2n) is 11.0. The van der Waals surface area contributed by atoms with Gasteiger partial charge in [0.25, 0.3) is 0 Å². The van der Waals surface area contributed by atoms with Gasteiger partial charge in [-0.2, -0.15) is 0 Å². The third-order valence-corrected chi connectivity index (χ3v) is 7.72. The summed E-state index contributed by atoms with van der Waals surface area (Å²) in [6.45, 7) is 5.39. The van der Waals surface area contributed by atoms with Gasteiger partial charge in [-0.1, -0.05) is 17.0 Å². The molecule has 5 heterocycles. The Labute approximate surface area is 251 Å². The Morgan fingerprint density at radius 2 is 1.86 bits per heavy atom. The summed E-state index contributed by atoms with van der Waals surface area (Å²) in [6, 6.07) is 13.8. The van der Waals surface area contributed by atoms with Crippen LogP contribution in [0, 0.1) is 17.8 Å². The van der Waals surface area contributed by atoms with Crippen molar-refractivity contribution in [3.8, 4) is 23.2 Å². The zero-order valence-electron chi connectivity index (χ0n) is 24.4. The summed E-state index contributed by atoms with van der Waals surface area (Å²) in [7, 11) is 1.43. The number of carbonyl (C=O) groups is 1. The summed E-state index contributed by atoms with van der Waals surface area (Å²) in [6.07, 6.45) is 8.23. The summed E-state index contributed by atoms with van der Waals surface area (Å²) in [5, 5.41) is 4.28. The fourth-order valence-electron chi connectivity index (χ4n) is 5.31. The molecule has 1 aromatic carbocycles. The Balaban J connectivity index is 1.02. The molecular weight excluding hydrogens is 546 g/mol. The smallest absolute Gasteiger partial charge is 0.311 e. The summed E-state index contributed by atoms with van der Waals surface area (Å²) in [5.74, 6) is 7.72. The van der Waals surface area contributed by atoms with Gasteiger partial charge in [-0.3, -0.25) is 14.7 Å². The van der Waals surface area contributed by atoms with Gasteiger partial charge in [0.15, 0.2) is 12.1 Å². The number of esters is 1. The molecule has 2 unspecified atom stereocenters. The number of hydrogen-bond acceptors (Lipinski definition) is 9. The van der Waals surface area contributed by atoms with Crippen LogP contribution in [0.4, 0.5) is 0 Å². The number of imidazole rings is 1. The van der Waals surface area contributed by atoms with Gasteiger partial charge < -0.3 is 23.3 Å². The molecule has 0 aliphatic carbocycles. The fourth-order valence-corrected chi connectivity index (χ4v) is 5.31. The van der Waals surface area contributed by atoms with Gasteiger partial charge in [0.05, 0.1) is 25.3 Å². The van der Waals surface area contributed by atoms with Crippen molar-refractivity contribution in [1.29, 1.82) is 0 Å². The lowest BCUT2D eigenvalue weighted by atomic mass is 10.0. The summed E-state index contributed by atoms with van der Waals surface area (Å²) in [4.78, 5) is 22.8. The second-order valence-corrected chi connectivity index (χ2v) is 11.0. The third-order valence-electron chi connectivity index (χ3n) is 7.72. The average Bonchev–Trinajstić information content (AvgIpc) is 3.69. The minimum absolute atomic E-state index is 0.0284. The summed E-state index contributed by atoms with van der Waals surface area (Å²) < 4.78 is 24.3. The van der Waals surface area contributed by atoms with E-state index in [4.69, 9.17) is 18.7 Å². The van der Waals surface area contributed by atoms with Gasteiger partial charge in [0.1, 0.15) is 17.6 Å². The summed E-state index contributed by atoms with van der Waals surface area (Å²) >= 11 is 0. The highest BCUT2D eigenvalue weighted by atomic mass is 16.7. The SMILES string of the molecule is COC(=O)C1CN(Cc2ccc(C#Cc3ccc(-c4cc(Cn5ccnc5C(C)OC5CCCCO5)no4)cc3)cn2)C1. The van der Waals surface area contributed by atoms with Crippen molar-refractivity contribution < 1.29 is 23.5 Å². The van der Waals surface area contributed by atoms with Crippen LogP contribution in [-0.4, -0.2) is 63.7 Å². The molecule has 0 N–H and O–H groups in total. The second kappa shape index (κ2) is 13.3. The van der Waals surface area contributed by atoms with Crippen molar-refractivity contribution in [2.75, 3.05) is 26.8 Å². The highest BCUT2D eigenvalue weighted by molar-refractivity contribution is 5.73. The largest absolute Gasteiger partial charge is 0.469 e. The molecular formula is C33H35N5O5. The Morgan fingerprint density at radius 3 is 2.60 bits per heavy atom. The monoisotopic (exact) mass is 581 g/mol. The molecule has 10 nitrogen and oxygen atoms in total. The van der Waals surface area contributed by atoms with Crippen LogP contribution in [0.3, 0.4) is 0 Å². The van der Waals surface area contributed by atoms with Crippen LogP contribution in [0.15, 0.2) is 65.6 Å². The molecule has 43 heavy (non-hydrogen) atoms. The molecule has 2 aliphatic rings. The van der Waals surface area contributed by atoms with Crippen molar-refractivity contribution in [2.24, 2.45) is 5.92 Å². The molecule has 2 aliphatic heterocycles. The number of rotatable bonds is 9. The van der Waals surface area contributed by atoms with E-state index < -0.39 is 0 Å². The number of carbonyl (C=O) groups excluding carboxylic acids is 1. The number of methoxy groups -OCH3 is 1. The molecule has 6 rings (SSSR count). The Kier molecular flexibility index (Phi) is 8.93. The van der Waals surface area contributed by atoms with Crippen molar-refractivity contribution in [1.82, 2.24) is 24.6 Å². The lowest BCUT2D eigenvalue weighted by Crippen LogP contribution is -2.50. The minimum atomic E-state index is -0.195. The lowest BCUT2D eigenvalue weighted by Gasteiger charge is -2.36. The van der Waals surface area contributed by atoms with E-state index in [0.717, 1.165) is 59.8 Å². The molecule has 0 bridgehead atoms. The van der Waals surface area contributed by atoms with Crippen LogP contribution in [0.25, 0.3) is 11.3 Å². The lowest BCUT2D eigenvalue weighted by molar-refractivity contribution is -0.188. The van der Waals surface area contributed by atoms with Gasteiger partial charge in [0, 0.05) is 67.6 Å². The predicted octanol–water partition coefficient (Wildman–Crippen LogP) is 4.59. The molecule has 222 valence electrons. The Morgan fingerprint density at radius 1 is 1.05 bits per heavy atom. The number of benzene rings is 1. The normalized spacial score (nSPS) is 18.0. The molecule has 0 spiro atoms. The standard InChI is InChI=1S/C33H35N5O5/c1-23(42-31-5-3-4-16-41-31)32-34-14-15-38(32)22-29-17-30(43-36-29)26-11-8-24(9-12-26)6-7-25-10-13-28(35-18-25)21-37-19-27(20-37)33(39)40-2/h8-15,17-18,23,27,31H,3-5,16,19-22H2,1-2H3. The van der Waals surface area contributed by atoms with E-state index in [1.807, 2.05) is 60.2 Å². The Bertz CT molecular complexity index is 1570. The van der Waals surface area contributed by atoms with Crippen molar-refractivity contribution in [2.45, 2.75) is 51.7 Å². The van der Waals surface area contributed by atoms with Gasteiger partial charge in [-0.05, 0) is 62.6 Å². The van der Waals surface area contributed by atoms with Gasteiger partial charge in [-0.25, -0.2) is 4.98 Å². The van der Waals surface area contributed by atoms with Crippen LogP contribution < -0.4 is 0 Å². The highest BCUT2D eigenvalue weighted by Gasteiger charge is 2.33. The van der Waals surface area contributed by atoms with Crippen LogP contribution >= 0.6 is 0 Å². The predicted molar refractivity (Wildman–Crippen MR) is 157 cm³/mol. The average molecular weight is 582 g/mol. The number of pyridine rings is 1. The van der Waals surface area contributed by atoms with E-state index in [2.05, 4.69) is 31.9 Å². The topological polar surface area (TPSA) is 105 Å². The summed E-state index contributed by atoms with van der Waals surface area (Å²) in [5.41, 5.74) is 4.40. The number of aromatic nitrogens is 4. The molecule has 2 fully saturated rings. The highest BCUT2D eigenvalue weighted by Crippen LogP contribution is 2.25. The quantitative estimate of drug-likeness (QED) is 0.207. The maximum Gasteiger partial charge on any atom is 0.311 e. The van der Waals surface area contributed by atoms with E-state index in [1.54, 1.807) is 12.4 Å². The molecule has 0 saturated carbocycles. The molecule has 2 atom stereocenters. The first-order chi connectivity index (χ1) is 21.0. The van der Waals surface area contributed by atoms with Crippen molar-refractivity contribution in [3.63, 3.8) is 0 Å². The maximum atomic E-state index is 11.6. The van der Waals surface area contributed by atoms with Gasteiger partial charge in [-0.15, -0.1) is 0 Å². The molecule has 3 aromatic heterocycles. The molecule has 0 amide bonds. The Hall–Kier alpha value is -4.30. The fraction of sp³-hybridized carbons (Fsp3) is 0.394. The van der Waals surface area contributed by atoms with Gasteiger partial charge >= 0.3 is 5.97 Å². The third kappa shape index (κ3) is 7.20. The van der Waals surface area contributed by atoms with Crippen molar-refractivity contribution in [3.05, 3.63) is 89.4 Å².